The maximum absolute atomic E-state index is 11.9. The van der Waals surface area contributed by atoms with Crippen LogP contribution in [0.1, 0.15) is 59.8 Å². The predicted octanol–water partition coefficient (Wildman–Crippen LogP) is 3.79. The molecule has 0 aliphatic heterocycles. The first-order chi connectivity index (χ1) is 7.94. The van der Waals surface area contributed by atoms with Gasteiger partial charge in [-0.2, -0.15) is 0 Å². The number of esters is 1. The first kappa shape index (κ1) is 12.9. The van der Waals surface area contributed by atoms with Crippen LogP contribution in [0.3, 0.4) is 0 Å². The van der Waals surface area contributed by atoms with Crippen molar-refractivity contribution < 1.29 is 9.53 Å². The molecule has 0 aromatic heterocycles. The van der Waals surface area contributed by atoms with E-state index in [0.29, 0.717) is 5.92 Å². The fraction of sp³-hybridized carbons (Fsp3) is 0.933. The van der Waals surface area contributed by atoms with Crippen molar-refractivity contribution in [2.24, 2.45) is 23.7 Å². The average molecular weight is 238 g/mol. The summed E-state index contributed by atoms with van der Waals surface area (Å²) in [6.07, 6.45) is 6.25. The minimum atomic E-state index is -0.264. The highest BCUT2D eigenvalue weighted by Gasteiger charge is 2.48. The summed E-state index contributed by atoms with van der Waals surface area (Å²) in [5, 5.41) is 0. The van der Waals surface area contributed by atoms with Gasteiger partial charge >= 0.3 is 5.97 Å². The van der Waals surface area contributed by atoms with E-state index in [0.717, 1.165) is 18.3 Å². The third-order valence-corrected chi connectivity index (χ3v) is 5.01. The number of carbonyl (C=O) groups is 1. The molecule has 0 radical (unpaired) electrons. The van der Waals surface area contributed by atoms with E-state index >= 15 is 0 Å². The highest BCUT2D eigenvalue weighted by Crippen LogP contribution is 2.52. The summed E-state index contributed by atoms with van der Waals surface area (Å²) in [5.74, 6) is 2.33. The molecule has 0 aromatic carbocycles. The van der Waals surface area contributed by atoms with Crippen LogP contribution in [-0.2, 0) is 9.53 Å². The number of hydrogen-bond donors (Lipinski definition) is 0. The summed E-state index contributed by atoms with van der Waals surface area (Å²) in [7, 11) is 0. The Morgan fingerprint density at radius 3 is 2.53 bits per heavy atom. The molecule has 2 rings (SSSR count). The summed E-state index contributed by atoms with van der Waals surface area (Å²) in [4.78, 5) is 11.9. The molecular weight excluding hydrogens is 212 g/mol. The van der Waals surface area contributed by atoms with Crippen LogP contribution in [0.15, 0.2) is 0 Å². The van der Waals surface area contributed by atoms with Gasteiger partial charge < -0.3 is 4.74 Å². The second-order valence-electron chi connectivity index (χ2n) is 6.62. The van der Waals surface area contributed by atoms with Crippen molar-refractivity contribution in [1.29, 1.82) is 0 Å². The molecule has 2 nitrogen and oxygen atoms in total. The quantitative estimate of drug-likeness (QED) is 0.696. The normalized spacial score (nSPS) is 33.8. The molecule has 0 N–H and O–H groups in total. The molecule has 2 heteroatoms. The highest BCUT2D eigenvalue weighted by atomic mass is 16.6. The van der Waals surface area contributed by atoms with E-state index in [1.807, 2.05) is 13.8 Å². The van der Waals surface area contributed by atoms with Crippen LogP contribution in [0.4, 0.5) is 0 Å². The number of hydrogen-bond acceptors (Lipinski definition) is 2. The molecule has 0 heterocycles. The van der Waals surface area contributed by atoms with Gasteiger partial charge in [0.15, 0.2) is 0 Å². The Hall–Kier alpha value is -0.530. The Morgan fingerprint density at radius 2 is 2.06 bits per heavy atom. The van der Waals surface area contributed by atoms with E-state index < -0.39 is 0 Å². The lowest BCUT2D eigenvalue weighted by Crippen LogP contribution is -2.40. The molecule has 98 valence electrons. The van der Waals surface area contributed by atoms with E-state index in [1.165, 1.54) is 25.7 Å². The second-order valence-corrected chi connectivity index (χ2v) is 6.62. The number of rotatable bonds is 4. The summed E-state index contributed by atoms with van der Waals surface area (Å²) in [5.41, 5.74) is -0.264. The Bertz CT molecular complexity index is 295. The van der Waals surface area contributed by atoms with Crippen molar-refractivity contribution in [1.82, 2.24) is 0 Å². The summed E-state index contributed by atoms with van der Waals surface area (Å²) >= 11 is 0. The molecule has 0 amide bonds. The fourth-order valence-corrected chi connectivity index (χ4v) is 3.70. The number of carbonyl (C=O) groups excluding carboxylic acids is 1. The van der Waals surface area contributed by atoms with Crippen LogP contribution in [0.5, 0.6) is 0 Å². The van der Waals surface area contributed by atoms with Gasteiger partial charge in [0.2, 0.25) is 0 Å². The van der Waals surface area contributed by atoms with Gasteiger partial charge in [-0.25, -0.2) is 0 Å². The summed E-state index contributed by atoms with van der Waals surface area (Å²) < 4.78 is 5.79. The maximum Gasteiger partial charge on any atom is 0.309 e. The molecule has 0 saturated heterocycles. The third kappa shape index (κ3) is 2.51. The Balaban J connectivity index is 1.97. The lowest BCUT2D eigenvalue weighted by atomic mass is 9.78. The van der Waals surface area contributed by atoms with Gasteiger partial charge in [0.1, 0.15) is 5.60 Å². The van der Waals surface area contributed by atoms with E-state index in [4.69, 9.17) is 4.74 Å². The molecule has 2 bridgehead atoms. The lowest BCUT2D eigenvalue weighted by Gasteiger charge is -2.37. The highest BCUT2D eigenvalue weighted by molar-refractivity contribution is 5.72. The van der Waals surface area contributed by atoms with Gasteiger partial charge in [-0.05, 0) is 51.4 Å². The molecule has 2 saturated carbocycles. The predicted molar refractivity (Wildman–Crippen MR) is 68.6 cm³/mol. The van der Waals surface area contributed by atoms with Crippen LogP contribution in [0.2, 0.25) is 0 Å². The van der Waals surface area contributed by atoms with E-state index in [9.17, 15) is 4.79 Å². The van der Waals surface area contributed by atoms with Crippen LogP contribution in [-0.4, -0.2) is 11.6 Å². The van der Waals surface area contributed by atoms with Crippen molar-refractivity contribution in [3.8, 4) is 0 Å². The zero-order chi connectivity index (χ0) is 12.6. The lowest BCUT2D eigenvalue weighted by molar-refractivity contribution is -0.168. The van der Waals surface area contributed by atoms with Crippen LogP contribution >= 0.6 is 0 Å². The van der Waals surface area contributed by atoms with Gasteiger partial charge in [-0.1, -0.05) is 20.3 Å². The molecular formula is C15H26O2. The maximum atomic E-state index is 11.9. The minimum absolute atomic E-state index is 0.0136. The zero-order valence-corrected chi connectivity index (χ0v) is 11.7. The largest absolute Gasteiger partial charge is 0.459 e. The van der Waals surface area contributed by atoms with Gasteiger partial charge in [-0.15, -0.1) is 0 Å². The van der Waals surface area contributed by atoms with Crippen molar-refractivity contribution in [3.05, 3.63) is 0 Å². The first-order valence-corrected chi connectivity index (χ1v) is 7.17. The van der Waals surface area contributed by atoms with Gasteiger partial charge in [0, 0.05) is 5.92 Å². The molecule has 0 spiro atoms. The summed E-state index contributed by atoms with van der Waals surface area (Å²) in [6.45, 7) is 8.22. The van der Waals surface area contributed by atoms with E-state index in [-0.39, 0.29) is 17.5 Å². The van der Waals surface area contributed by atoms with Crippen molar-refractivity contribution >= 4 is 5.97 Å². The Labute approximate surface area is 105 Å². The first-order valence-electron chi connectivity index (χ1n) is 7.17. The smallest absolute Gasteiger partial charge is 0.309 e. The Morgan fingerprint density at radius 1 is 1.35 bits per heavy atom. The SMILES string of the molecule is CCC(C)C(=O)OC(C)(C)C1CC2CCC1C2. The number of ether oxygens (including phenoxy) is 1. The minimum Gasteiger partial charge on any atom is -0.459 e. The fourth-order valence-electron chi connectivity index (χ4n) is 3.70. The van der Waals surface area contributed by atoms with Gasteiger partial charge in [0.05, 0.1) is 5.92 Å². The topological polar surface area (TPSA) is 26.3 Å². The van der Waals surface area contributed by atoms with Crippen molar-refractivity contribution in [3.63, 3.8) is 0 Å². The molecule has 2 aliphatic carbocycles. The van der Waals surface area contributed by atoms with Crippen LogP contribution in [0.25, 0.3) is 0 Å². The van der Waals surface area contributed by atoms with E-state index in [2.05, 4.69) is 13.8 Å². The molecule has 4 atom stereocenters. The van der Waals surface area contributed by atoms with Crippen LogP contribution < -0.4 is 0 Å². The third-order valence-electron chi connectivity index (χ3n) is 5.01. The zero-order valence-electron chi connectivity index (χ0n) is 11.7. The second kappa shape index (κ2) is 4.62. The van der Waals surface area contributed by atoms with E-state index in [1.54, 1.807) is 0 Å². The van der Waals surface area contributed by atoms with Gasteiger partial charge in [0.25, 0.3) is 0 Å². The molecule has 2 aliphatic rings. The van der Waals surface area contributed by atoms with Gasteiger partial charge in [-0.3, -0.25) is 4.79 Å². The average Bonchev–Trinajstić information content (AvgIpc) is 2.89. The molecule has 2 fully saturated rings. The van der Waals surface area contributed by atoms with Crippen molar-refractivity contribution in [2.75, 3.05) is 0 Å². The molecule has 0 aromatic rings. The standard InChI is InChI=1S/C15H26O2/c1-5-10(2)14(16)17-15(3,4)13-9-11-6-7-12(13)8-11/h10-13H,5-9H2,1-4H3. The monoisotopic (exact) mass is 238 g/mol. The Kier molecular flexibility index (Phi) is 3.51. The molecule has 4 unspecified atom stereocenters. The number of fused-ring (bicyclic) bond motifs is 2. The molecule has 17 heavy (non-hydrogen) atoms. The van der Waals surface area contributed by atoms with Crippen LogP contribution in [0, 0.1) is 23.7 Å². The summed E-state index contributed by atoms with van der Waals surface area (Å²) in [6, 6.07) is 0. The van der Waals surface area contributed by atoms with Crippen molar-refractivity contribution in [2.45, 2.75) is 65.4 Å².